The summed E-state index contributed by atoms with van der Waals surface area (Å²) in [6, 6.07) is 8.08. The summed E-state index contributed by atoms with van der Waals surface area (Å²) in [5.41, 5.74) is 9.01. The second-order valence-electron chi connectivity index (χ2n) is 6.01. The van der Waals surface area contributed by atoms with Crippen LogP contribution in [0.15, 0.2) is 30.6 Å². The summed E-state index contributed by atoms with van der Waals surface area (Å²) >= 11 is 0. The number of aryl methyl sites for hydroxylation is 1. The van der Waals surface area contributed by atoms with E-state index in [1.165, 1.54) is 5.56 Å². The van der Waals surface area contributed by atoms with E-state index in [9.17, 15) is 0 Å². The summed E-state index contributed by atoms with van der Waals surface area (Å²) in [6.07, 6.45) is 1.55. The zero-order chi connectivity index (χ0) is 16.9. The predicted octanol–water partition coefficient (Wildman–Crippen LogP) is 1.23. The van der Waals surface area contributed by atoms with Crippen LogP contribution in [-0.4, -0.2) is 59.3 Å². The van der Waals surface area contributed by atoms with E-state index in [-0.39, 0.29) is 6.61 Å². The quantitative estimate of drug-likeness (QED) is 0.760. The van der Waals surface area contributed by atoms with Gasteiger partial charge in [-0.15, -0.1) is 0 Å². The van der Waals surface area contributed by atoms with Crippen LogP contribution >= 0.6 is 0 Å². The van der Waals surface area contributed by atoms with E-state index in [1.807, 2.05) is 25.1 Å². The number of nitrogens with one attached hydrogen (secondary N) is 1. The van der Waals surface area contributed by atoms with Crippen molar-refractivity contribution in [2.45, 2.75) is 6.92 Å². The lowest BCUT2D eigenvalue weighted by molar-refractivity contribution is 0.188. The average molecular weight is 328 g/mol. The van der Waals surface area contributed by atoms with Crippen molar-refractivity contribution >= 4 is 23.0 Å². The van der Waals surface area contributed by atoms with E-state index >= 15 is 0 Å². The first-order chi connectivity index (χ1) is 11.7. The number of nitrogens with zero attached hydrogens (tertiary/aromatic N) is 4. The van der Waals surface area contributed by atoms with Gasteiger partial charge in [0.05, 0.1) is 6.61 Å². The van der Waals surface area contributed by atoms with Crippen LogP contribution < -0.4 is 16.0 Å². The van der Waals surface area contributed by atoms with E-state index in [0.717, 1.165) is 37.7 Å². The molecule has 0 atom stereocenters. The number of anilines is 4. The first-order valence-electron chi connectivity index (χ1n) is 8.19. The van der Waals surface area contributed by atoms with Gasteiger partial charge in [0.1, 0.15) is 12.0 Å². The standard InChI is InChI=1S/C17H24N6O/c1-13-3-2-4-14(11-13)21-16-15(18)17(20-12-19-16)23-7-5-22(6-8-23)9-10-24/h2-4,11-12,24H,5-10,18H2,1H3,(H,19,20,21). The van der Waals surface area contributed by atoms with E-state index < -0.39 is 0 Å². The number of aliphatic hydroxyl groups is 1. The minimum absolute atomic E-state index is 0.195. The molecule has 1 aromatic heterocycles. The Balaban J connectivity index is 1.74. The van der Waals surface area contributed by atoms with Gasteiger partial charge in [-0.05, 0) is 24.6 Å². The highest BCUT2D eigenvalue weighted by atomic mass is 16.3. The Morgan fingerprint density at radius 2 is 2.00 bits per heavy atom. The monoisotopic (exact) mass is 328 g/mol. The van der Waals surface area contributed by atoms with Crippen molar-refractivity contribution in [2.24, 2.45) is 0 Å². The van der Waals surface area contributed by atoms with Crippen molar-refractivity contribution in [3.8, 4) is 0 Å². The van der Waals surface area contributed by atoms with Crippen LogP contribution in [0.1, 0.15) is 5.56 Å². The van der Waals surface area contributed by atoms with Crippen molar-refractivity contribution in [3.05, 3.63) is 36.2 Å². The van der Waals surface area contributed by atoms with Gasteiger partial charge in [0.2, 0.25) is 0 Å². The fourth-order valence-electron chi connectivity index (χ4n) is 2.92. The Bertz CT molecular complexity index is 685. The van der Waals surface area contributed by atoms with Crippen molar-refractivity contribution < 1.29 is 5.11 Å². The zero-order valence-electron chi connectivity index (χ0n) is 13.9. The molecule has 0 unspecified atom stereocenters. The summed E-state index contributed by atoms with van der Waals surface area (Å²) in [5, 5.41) is 12.3. The molecule has 0 bridgehead atoms. The Morgan fingerprint density at radius 3 is 2.71 bits per heavy atom. The van der Waals surface area contributed by atoms with Crippen LogP contribution in [0.3, 0.4) is 0 Å². The Hall–Kier alpha value is -2.38. The SMILES string of the molecule is Cc1cccc(Nc2ncnc(N3CCN(CCO)CC3)c2N)c1. The number of benzene rings is 1. The first-order valence-corrected chi connectivity index (χ1v) is 8.19. The molecule has 1 aliphatic heterocycles. The van der Waals surface area contributed by atoms with Gasteiger partial charge in [-0.25, -0.2) is 9.97 Å². The van der Waals surface area contributed by atoms with E-state index in [4.69, 9.17) is 10.8 Å². The normalized spacial score (nSPS) is 15.5. The summed E-state index contributed by atoms with van der Waals surface area (Å²) < 4.78 is 0. The molecule has 1 fully saturated rings. The lowest BCUT2D eigenvalue weighted by Gasteiger charge is -2.35. The maximum absolute atomic E-state index is 9.04. The smallest absolute Gasteiger partial charge is 0.159 e. The maximum Gasteiger partial charge on any atom is 0.159 e. The van der Waals surface area contributed by atoms with Crippen LogP contribution in [0.5, 0.6) is 0 Å². The number of nitrogens with two attached hydrogens (primary N) is 1. The fourth-order valence-corrected chi connectivity index (χ4v) is 2.92. The molecular formula is C17H24N6O. The molecule has 3 rings (SSSR count). The Labute approximate surface area is 142 Å². The first kappa shape index (κ1) is 16.5. The van der Waals surface area contributed by atoms with Crippen LogP contribution in [-0.2, 0) is 0 Å². The van der Waals surface area contributed by atoms with E-state index in [2.05, 4.69) is 31.2 Å². The number of piperazine rings is 1. The van der Waals surface area contributed by atoms with Crippen molar-refractivity contribution in [1.29, 1.82) is 0 Å². The Morgan fingerprint density at radius 1 is 1.21 bits per heavy atom. The largest absolute Gasteiger partial charge is 0.395 e. The van der Waals surface area contributed by atoms with Crippen LogP contribution in [0.4, 0.5) is 23.0 Å². The second-order valence-corrected chi connectivity index (χ2v) is 6.01. The summed E-state index contributed by atoms with van der Waals surface area (Å²) in [6.45, 7) is 6.42. The highest BCUT2D eigenvalue weighted by Crippen LogP contribution is 2.29. The third-order valence-electron chi connectivity index (χ3n) is 4.23. The van der Waals surface area contributed by atoms with Gasteiger partial charge in [-0.1, -0.05) is 12.1 Å². The van der Waals surface area contributed by atoms with Crippen molar-refractivity contribution in [1.82, 2.24) is 14.9 Å². The number of hydrogen-bond acceptors (Lipinski definition) is 7. The Kier molecular flexibility index (Phi) is 5.12. The topological polar surface area (TPSA) is 90.5 Å². The number of rotatable bonds is 5. The molecule has 24 heavy (non-hydrogen) atoms. The van der Waals surface area contributed by atoms with Gasteiger partial charge in [0.15, 0.2) is 11.6 Å². The van der Waals surface area contributed by atoms with Gasteiger partial charge in [0, 0.05) is 38.4 Å². The summed E-state index contributed by atoms with van der Waals surface area (Å²) in [5.74, 6) is 1.40. The van der Waals surface area contributed by atoms with E-state index in [0.29, 0.717) is 18.1 Å². The molecular weight excluding hydrogens is 304 g/mol. The fraction of sp³-hybridized carbons (Fsp3) is 0.412. The van der Waals surface area contributed by atoms with Crippen LogP contribution in [0, 0.1) is 6.92 Å². The number of nitrogen functional groups attached to an aromatic ring is 1. The molecule has 128 valence electrons. The van der Waals surface area contributed by atoms with Crippen LogP contribution in [0.2, 0.25) is 0 Å². The van der Waals surface area contributed by atoms with Crippen molar-refractivity contribution in [3.63, 3.8) is 0 Å². The molecule has 2 aromatic rings. The van der Waals surface area contributed by atoms with Gasteiger partial charge < -0.3 is 21.1 Å². The average Bonchev–Trinajstić information content (AvgIpc) is 2.58. The predicted molar refractivity (Wildman–Crippen MR) is 96.6 cm³/mol. The second kappa shape index (κ2) is 7.46. The zero-order valence-corrected chi connectivity index (χ0v) is 13.9. The molecule has 1 aliphatic rings. The van der Waals surface area contributed by atoms with Gasteiger partial charge in [-0.3, -0.25) is 4.90 Å². The minimum Gasteiger partial charge on any atom is -0.395 e. The van der Waals surface area contributed by atoms with Gasteiger partial charge in [0.25, 0.3) is 0 Å². The highest BCUT2D eigenvalue weighted by molar-refractivity contribution is 5.78. The number of aromatic nitrogens is 2. The molecule has 0 amide bonds. The molecule has 7 heteroatoms. The number of hydrogen-bond donors (Lipinski definition) is 3. The van der Waals surface area contributed by atoms with E-state index in [1.54, 1.807) is 6.33 Å². The molecule has 0 aliphatic carbocycles. The summed E-state index contributed by atoms with van der Waals surface area (Å²) in [7, 11) is 0. The summed E-state index contributed by atoms with van der Waals surface area (Å²) in [4.78, 5) is 13.1. The number of β-amino-alcohol motifs (C(OH)–C–C–N with tert-alkyl or cyclic N) is 1. The third-order valence-corrected chi connectivity index (χ3v) is 4.23. The molecule has 0 spiro atoms. The molecule has 1 saturated heterocycles. The molecule has 4 N–H and O–H groups in total. The van der Waals surface area contributed by atoms with Crippen molar-refractivity contribution in [2.75, 3.05) is 55.3 Å². The minimum atomic E-state index is 0.195. The molecule has 2 heterocycles. The van der Waals surface area contributed by atoms with Crippen LogP contribution in [0.25, 0.3) is 0 Å². The van der Waals surface area contributed by atoms with Gasteiger partial charge in [-0.2, -0.15) is 0 Å². The molecule has 0 radical (unpaired) electrons. The van der Waals surface area contributed by atoms with Gasteiger partial charge >= 0.3 is 0 Å². The molecule has 1 aromatic carbocycles. The molecule has 0 saturated carbocycles. The molecule has 7 nitrogen and oxygen atoms in total. The number of aliphatic hydroxyl groups excluding tert-OH is 1. The lowest BCUT2D eigenvalue weighted by Crippen LogP contribution is -2.47. The highest BCUT2D eigenvalue weighted by Gasteiger charge is 2.20. The maximum atomic E-state index is 9.04. The third kappa shape index (κ3) is 3.74. The lowest BCUT2D eigenvalue weighted by atomic mass is 10.2.